The molecule has 0 spiro atoms. The number of rotatable bonds is 1. The number of aromatic nitrogens is 2. The van der Waals surface area contributed by atoms with E-state index in [1.54, 1.807) is 6.07 Å². The molecular weight excluding hydrogens is 242 g/mol. The fourth-order valence-electron chi connectivity index (χ4n) is 3.12. The van der Waals surface area contributed by atoms with Crippen molar-refractivity contribution >= 4 is 5.91 Å². The summed E-state index contributed by atoms with van der Waals surface area (Å²) in [6.45, 7) is 1.80. The van der Waals surface area contributed by atoms with Gasteiger partial charge in [-0.15, -0.1) is 0 Å². The molecular formula is C14H19N3O2. The third kappa shape index (κ3) is 2.55. The van der Waals surface area contributed by atoms with Gasteiger partial charge in [0.2, 0.25) is 5.91 Å². The quantitative estimate of drug-likeness (QED) is 0.816. The predicted molar refractivity (Wildman–Crippen MR) is 70.8 cm³/mol. The van der Waals surface area contributed by atoms with Gasteiger partial charge in [-0.05, 0) is 44.1 Å². The van der Waals surface area contributed by atoms with Gasteiger partial charge < -0.3 is 4.90 Å². The second kappa shape index (κ2) is 5.15. The average molecular weight is 261 g/mol. The van der Waals surface area contributed by atoms with Gasteiger partial charge in [-0.3, -0.25) is 9.59 Å². The van der Waals surface area contributed by atoms with Gasteiger partial charge in [0.1, 0.15) is 0 Å². The number of fused-ring (bicyclic) bond motifs is 1. The van der Waals surface area contributed by atoms with E-state index in [-0.39, 0.29) is 17.4 Å². The number of nitrogens with zero attached hydrogens (tertiary/aromatic N) is 2. The maximum Gasteiger partial charge on any atom is 0.264 e. The van der Waals surface area contributed by atoms with Gasteiger partial charge in [0.15, 0.2) is 0 Å². The van der Waals surface area contributed by atoms with Crippen molar-refractivity contribution in [3.63, 3.8) is 0 Å². The Hall–Kier alpha value is -1.65. The normalized spacial score (nSPS) is 22.9. The van der Waals surface area contributed by atoms with Crippen molar-refractivity contribution in [2.45, 2.75) is 38.5 Å². The first-order chi connectivity index (χ1) is 9.24. The van der Waals surface area contributed by atoms with Crippen LogP contribution in [0.2, 0.25) is 0 Å². The summed E-state index contributed by atoms with van der Waals surface area (Å²) in [5.41, 5.74) is 1.72. The summed E-state index contributed by atoms with van der Waals surface area (Å²) in [4.78, 5) is 25.8. The molecule has 1 amide bonds. The molecule has 3 rings (SSSR count). The highest BCUT2D eigenvalue weighted by atomic mass is 16.2. The van der Waals surface area contributed by atoms with Crippen LogP contribution in [0.4, 0.5) is 0 Å². The summed E-state index contributed by atoms with van der Waals surface area (Å²) in [5.74, 6) is 0.305. The summed E-state index contributed by atoms with van der Waals surface area (Å²) in [7, 11) is 0. The molecule has 1 saturated heterocycles. The number of amides is 1. The first kappa shape index (κ1) is 12.4. The van der Waals surface area contributed by atoms with Crippen molar-refractivity contribution in [1.29, 1.82) is 0 Å². The molecule has 1 aromatic heterocycles. The molecule has 2 heterocycles. The summed E-state index contributed by atoms with van der Waals surface area (Å²) < 4.78 is 0. The highest BCUT2D eigenvalue weighted by Crippen LogP contribution is 2.25. The van der Waals surface area contributed by atoms with Gasteiger partial charge in [0, 0.05) is 25.1 Å². The van der Waals surface area contributed by atoms with E-state index >= 15 is 0 Å². The van der Waals surface area contributed by atoms with Crippen molar-refractivity contribution in [3.8, 4) is 0 Å². The van der Waals surface area contributed by atoms with Crippen LogP contribution in [-0.4, -0.2) is 34.1 Å². The van der Waals surface area contributed by atoms with E-state index < -0.39 is 0 Å². The fraction of sp³-hybridized carbons (Fsp3) is 0.643. The van der Waals surface area contributed by atoms with Crippen LogP contribution < -0.4 is 5.56 Å². The Labute approximate surface area is 112 Å². The predicted octanol–water partition coefficient (Wildman–Crippen LogP) is 0.887. The lowest BCUT2D eigenvalue weighted by Crippen LogP contribution is -2.41. The van der Waals surface area contributed by atoms with Gasteiger partial charge in [-0.1, -0.05) is 0 Å². The minimum atomic E-state index is -0.176. The summed E-state index contributed by atoms with van der Waals surface area (Å²) >= 11 is 0. The topological polar surface area (TPSA) is 66.1 Å². The molecule has 1 atom stereocenters. The third-order valence-electron chi connectivity index (χ3n) is 4.19. The molecule has 1 aliphatic heterocycles. The number of carbonyl (C=O) groups excluding carboxylic acids is 1. The number of piperidine rings is 1. The Morgan fingerprint density at radius 2 is 2.11 bits per heavy atom. The lowest BCUT2D eigenvalue weighted by atomic mass is 9.85. The van der Waals surface area contributed by atoms with E-state index in [1.165, 1.54) is 6.42 Å². The number of H-pyrrole nitrogens is 1. The molecule has 1 aromatic rings. The van der Waals surface area contributed by atoms with Gasteiger partial charge in [0.25, 0.3) is 5.56 Å². The number of likely N-dealkylation sites (tertiary alicyclic amines) is 1. The Bertz CT molecular complexity index is 532. The van der Waals surface area contributed by atoms with Crippen LogP contribution >= 0.6 is 0 Å². The minimum absolute atomic E-state index is 0.0363. The maximum atomic E-state index is 12.5. The highest BCUT2D eigenvalue weighted by molar-refractivity contribution is 5.79. The standard InChI is InChI=1S/C14H19N3O2/c18-13-9-11-8-10(4-5-12(11)15-16-13)14(19)17-6-2-1-3-7-17/h9-10H,1-8H2,(H,16,18)/t10-/m0/s1. The Morgan fingerprint density at radius 1 is 1.32 bits per heavy atom. The molecule has 0 saturated carbocycles. The molecule has 0 radical (unpaired) electrons. The average Bonchev–Trinajstić information content (AvgIpc) is 2.46. The highest BCUT2D eigenvalue weighted by Gasteiger charge is 2.29. The number of aromatic amines is 1. The largest absolute Gasteiger partial charge is 0.342 e. The molecule has 0 unspecified atom stereocenters. The van der Waals surface area contributed by atoms with Crippen LogP contribution in [0.5, 0.6) is 0 Å². The fourth-order valence-corrected chi connectivity index (χ4v) is 3.12. The van der Waals surface area contributed by atoms with Gasteiger partial charge in [-0.25, -0.2) is 5.10 Å². The zero-order chi connectivity index (χ0) is 13.2. The van der Waals surface area contributed by atoms with E-state index in [9.17, 15) is 9.59 Å². The third-order valence-corrected chi connectivity index (χ3v) is 4.19. The zero-order valence-electron chi connectivity index (χ0n) is 11.0. The van der Waals surface area contributed by atoms with Crippen LogP contribution in [0.25, 0.3) is 0 Å². The van der Waals surface area contributed by atoms with Crippen LogP contribution in [0.3, 0.4) is 0 Å². The lowest BCUT2D eigenvalue weighted by molar-refractivity contribution is -0.136. The Kier molecular flexibility index (Phi) is 3.36. The SMILES string of the molecule is O=C([C@H]1CCc2n[nH]c(=O)cc2C1)N1CCCCC1. The molecule has 5 heteroatoms. The first-order valence-electron chi connectivity index (χ1n) is 7.10. The number of nitrogens with one attached hydrogen (secondary N) is 1. The molecule has 2 aliphatic rings. The van der Waals surface area contributed by atoms with Crippen molar-refractivity contribution < 1.29 is 4.79 Å². The van der Waals surface area contributed by atoms with E-state index in [2.05, 4.69) is 10.2 Å². The number of aryl methyl sites for hydroxylation is 1. The van der Waals surface area contributed by atoms with Crippen LogP contribution in [0.15, 0.2) is 10.9 Å². The van der Waals surface area contributed by atoms with Gasteiger partial charge >= 0.3 is 0 Å². The molecule has 1 fully saturated rings. The molecule has 19 heavy (non-hydrogen) atoms. The molecule has 1 aliphatic carbocycles. The van der Waals surface area contributed by atoms with Crippen molar-refractivity contribution in [1.82, 2.24) is 15.1 Å². The summed E-state index contributed by atoms with van der Waals surface area (Å²) in [6, 6.07) is 1.60. The van der Waals surface area contributed by atoms with Crippen LogP contribution in [-0.2, 0) is 17.6 Å². The van der Waals surface area contributed by atoms with Crippen molar-refractivity contribution in [2.75, 3.05) is 13.1 Å². The number of carbonyl (C=O) groups is 1. The van der Waals surface area contributed by atoms with Crippen molar-refractivity contribution in [2.24, 2.45) is 5.92 Å². The summed E-state index contributed by atoms with van der Waals surface area (Å²) in [6.07, 6.45) is 5.78. The lowest BCUT2D eigenvalue weighted by Gasteiger charge is -2.32. The minimum Gasteiger partial charge on any atom is -0.342 e. The second-order valence-electron chi connectivity index (χ2n) is 5.53. The van der Waals surface area contributed by atoms with Crippen molar-refractivity contribution in [3.05, 3.63) is 27.7 Å². The van der Waals surface area contributed by atoms with Gasteiger partial charge in [0.05, 0.1) is 5.69 Å². The summed E-state index contributed by atoms with van der Waals surface area (Å²) in [5, 5.41) is 6.53. The zero-order valence-corrected chi connectivity index (χ0v) is 11.0. The second-order valence-corrected chi connectivity index (χ2v) is 5.53. The van der Waals surface area contributed by atoms with E-state index in [0.29, 0.717) is 6.42 Å². The Morgan fingerprint density at radius 3 is 2.89 bits per heavy atom. The Balaban J connectivity index is 1.74. The molecule has 5 nitrogen and oxygen atoms in total. The smallest absolute Gasteiger partial charge is 0.264 e. The van der Waals surface area contributed by atoms with E-state index in [4.69, 9.17) is 0 Å². The van der Waals surface area contributed by atoms with Gasteiger partial charge in [-0.2, -0.15) is 5.10 Å². The maximum absolute atomic E-state index is 12.5. The van der Waals surface area contributed by atoms with Crippen LogP contribution in [0.1, 0.15) is 36.9 Å². The van der Waals surface area contributed by atoms with E-state index in [0.717, 1.165) is 50.0 Å². The number of hydrogen-bond donors (Lipinski definition) is 1. The van der Waals surface area contributed by atoms with Crippen LogP contribution in [0, 0.1) is 5.92 Å². The van der Waals surface area contributed by atoms with E-state index in [1.807, 2.05) is 4.90 Å². The monoisotopic (exact) mass is 261 g/mol. The molecule has 102 valence electrons. The number of hydrogen-bond acceptors (Lipinski definition) is 3. The molecule has 1 N–H and O–H groups in total. The molecule has 0 aromatic carbocycles. The first-order valence-corrected chi connectivity index (χ1v) is 7.10. The molecule has 0 bridgehead atoms.